The Bertz CT molecular complexity index is 1620. The van der Waals surface area contributed by atoms with E-state index in [0.717, 1.165) is 51.3 Å². The van der Waals surface area contributed by atoms with E-state index >= 15 is 0 Å². The number of rotatable bonds is 7. The highest BCUT2D eigenvalue weighted by Gasteiger charge is 2.39. The second-order valence-electron chi connectivity index (χ2n) is 11.3. The SMILES string of the molecule is N#Cc1cc(Nc2nc(NC3CC3)c3ncc(C#N)n3n2)c(Cl)c(N2CCN(C3CN(C(=O)C4CNCCO4)C3)CC2)c1. The van der Waals surface area contributed by atoms with Crippen LogP contribution in [-0.2, 0) is 9.53 Å². The number of ether oxygens (including phenoxy) is 1. The quantitative estimate of drug-likeness (QED) is 0.354. The van der Waals surface area contributed by atoms with E-state index in [0.29, 0.717) is 66.1 Å². The second kappa shape index (κ2) is 11.5. The van der Waals surface area contributed by atoms with Gasteiger partial charge >= 0.3 is 0 Å². The molecule has 5 heterocycles. The second-order valence-corrected chi connectivity index (χ2v) is 11.6. The highest BCUT2D eigenvalue weighted by atomic mass is 35.5. The average Bonchev–Trinajstić information content (AvgIpc) is 3.73. The molecule has 3 N–H and O–H groups in total. The molecule has 1 aliphatic carbocycles. The van der Waals surface area contributed by atoms with E-state index in [4.69, 9.17) is 16.3 Å². The molecule has 14 nitrogen and oxygen atoms in total. The Labute approximate surface area is 253 Å². The van der Waals surface area contributed by atoms with Crippen molar-refractivity contribution < 1.29 is 9.53 Å². The van der Waals surface area contributed by atoms with E-state index in [1.165, 1.54) is 10.7 Å². The van der Waals surface area contributed by atoms with Crippen molar-refractivity contribution >= 4 is 46.3 Å². The first-order valence-electron chi connectivity index (χ1n) is 14.5. The van der Waals surface area contributed by atoms with E-state index in [-0.39, 0.29) is 23.7 Å². The molecule has 15 heteroatoms. The summed E-state index contributed by atoms with van der Waals surface area (Å²) in [6, 6.07) is 8.47. The zero-order chi connectivity index (χ0) is 29.5. The van der Waals surface area contributed by atoms with Gasteiger partial charge in [0, 0.05) is 64.4 Å². The van der Waals surface area contributed by atoms with Gasteiger partial charge in [0.05, 0.1) is 40.8 Å². The number of hydrogen-bond acceptors (Lipinski definition) is 12. The van der Waals surface area contributed by atoms with Crippen LogP contribution < -0.4 is 20.9 Å². The van der Waals surface area contributed by atoms with Gasteiger partial charge in [-0.1, -0.05) is 11.6 Å². The number of aromatic nitrogens is 4. The van der Waals surface area contributed by atoms with Gasteiger partial charge in [0.2, 0.25) is 5.95 Å². The van der Waals surface area contributed by atoms with Gasteiger partial charge in [0.1, 0.15) is 12.2 Å². The summed E-state index contributed by atoms with van der Waals surface area (Å²) in [6.07, 6.45) is 3.17. The standard InChI is InChI=1S/C28H31ClN12O2/c29-24-21(35-28-36-25(34-18-1-2-18)26-33-13-19(12-31)41(26)37-28)9-17(11-30)10-22(24)39-6-4-38(5-7-39)20-15-40(16-20)27(42)23-14-32-3-8-43-23/h9-10,13,18,20,23,32H,1-8,14-16H2,(H2,34,35,36,37). The maximum Gasteiger partial charge on any atom is 0.253 e. The Balaban J connectivity index is 1.04. The van der Waals surface area contributed by atoms with Gasteiger partial charge in [-0.25, -0.2) is 4.98 Å². The van der Waals surface area contributed by atoms with Crippen molar-refractivity contribution in [2.24, 2.45) is 0 Å². The molecule has 4 aliphatic rings. The average molecular weight is 603 g/mol. The predicted octanol–water partition coefficient (Wildman–Crippen LogP) is 1.16. The third-order valence-corrected chi connectivity index (χ3v) is 8.77. The van der Waals surface area contributed by atoms with E-state index in [1.54, 1.807) is 12.1 Å². The minimum absolute atomic E-state index is 0.0673. The Morgan fingerprint density at radius 2 is 1.95 bits per heavy atom. The van der Waals surface area contributed by atoms with Crippen molar-refractivity contribution in [3.8, 4) is 12.1 Å². The van der Waals surface area contributed by atoms with Gasteiger partial charge in [-0.15, -0.1) is 5.10 Å². The fourth-order valence-corrected chi connectivity index (χ4v) is 6.04. The van der Waals surface area contributed by atoms with Gasteiger partial charge in [0.25, 0.3) is 5.91 Å². The van der Waals surface area contributed by atoms with Crippen molar-refractivity contribution in [2.75, 3.05) is 74.5 Å². The van der Waals surface area contributed by atoms with Gasteiger partial charge < -0.3 is 30.5 Å². The largest absolute Gasteiger partial charge is 0.368 e. The molecule has 2 aromatic heterocycles. The third kappa shape index (κ3) is 5.50. The molecule has 3 aromatic rings. The normalized spacial score (nSPS) is 21.2. The Hall–Kier alpha value is -4.21. The molecule has 1 saturated carbocycles. The fourth-order valence-electron chi connectivity index (χ4n) is 5.77. The lowest BCUT2D eigenvalue weighted by atomic mass is 10.0. The predicted molar refractivity (Wildman–Crippen MR) is 158 cm³/mol. The summed E-state index contributed by atoms with van der Waals surface area (Å²) >= 11 is 6.94. The lowest BCUT2D eigenvalue weighted by Gasteiger charge is -2.49. The number of likely N-dealkylation sites (tertiary alicyclic amines) is 1. The first kappa shape index (κ1) is 27.6. The minimum atomic E-state index is -0.384. The molecule has 4 fully saturated rings. The number of anilines is 4. The van der Waals surface area contributed by atoms with Crippen LogP contribution in [0.2, 0.25) is 5.02 Å². The molecule has 1 aromatic carbocycles. The molecule has 0 bridgehead atoms. The van der Waals surface area contributed by atoms with Crippen LogP contribution in [0.25, 0.3) is 5.65 Å². The molecule has 7 rings (SSSR count). The number of nitrogens with one attached hydrogen (secondary N) is 3. The molecule has 0 spiro atoms. The molecular formula is C28H31ClN12O2. The molecule has 1 amide bonds. The van der Waals surface area contributed by atoms with E-state index in [2.05, 4.69) is 53.0 Å². The number of fused-ring (bicyclic) bond motifs is 1. The number of hydrogen-bond donors (Lipinski definition) is 3. The van der Waals surface area contributed by atoms with Crippen LogP contribution in [0.3, 0.4) is 0 Å². The molecular weight excluding hydrogens is 572 g/mol. The van der Waals surface area contributed by atoms with Gasteiger partial charge in [0.15, 0.2) is 17.2 Å². The van der Waals surface area contributed by atoms with Crippen molar-refractivity contribution in [3.05, 3.63) is 34.6 Å². The van der Waals surface area contributed by atoms with Crippen LogP contribution in [0.1, 0.15) is 24.1 Å². The van der Waals surface area contributed by atoms with Crippen LogP contribution in [-0.4, -0.2) is 112 Å². The molecule has 3 aliphatic heterocycles. The lowest BCUT2D eigenvalue weighted by molar-refractivity contribution is -0.152. The summed E-state index contributed by atoms with van der Waals surface area (Å²) in [5.41, 5.74) is 2.47. The number of amides is 1. The smallest absolute Gasteiger partial charge is 0.253 e. The van der Waals surface area contributed by atoms with E-state index in [1.807, 2.05) is 4.90 Å². The van der Waals surface area contributed by atoms with Crippen molar-refractivity contribution in [1.29, 1.82) is 10.5 Å². The van der Waals surface area contributed by atoms with Crippen LogP contribution in [0, 0.1) is 22.7 Å². The Morgan fingerprint density at radius 3 is 2.65 bits per heavy atom. The van der Waals surface area contributed by atoms with Crippen molar-refractivity contribution in [1.82, 2.24) is 34.7 Å². The van der Waals surface area contributed by atoms with Gasteiger partial charge in [-0.3, -0.25) is 9.69 Å². The minimum Gasteiger partial charge on any atom is -0.368 e. The summed E-state index contributed by atoms with van der Waals surface area (Å²) in [6.45, 7) is 6.44. The number of carbonyl (C=O) groups excluding carboxylic acids is 1. The topological polar surface area (TPSA) is 163 Å². The number of piperazine rings is 1. The van der Waals surface area contributed by atoms with Gasteiger partial charge in [-0.05, 0) is 25.0 Å². The fraction of sp³-hybridized carbons (Fsp3) is 0.500. The zero-order valence-corrected chi connectivity index (χ0v) is 24.2. The number of nitriles is 2. The maximum absolute atomic E-state index is 12.7. The molecule has 43 heavy (non-hydrogen) atoms. The number of carbonyl (C=O) groups is 1. The van der Waals surface area contributed by atoms with Crippen molar-refractivity contribution in [2.45, 2.75) is 31.0 Å². The first-order chi connectivity index (χ1) is 21.0. The number of imidazole rings is 1. The maximum atomic E-state index is 12.7. The van der Waals surface area contributed by atoms with E-state index in [9.17, 15) is 15.3 Å². The highest BCUT2D eigenvalue weighted by molar-refractivity contribution is 6.36. The number of morpholine rings is 1. The monoisotopic (exact) mass is 602 g/mol. The first-order valence-corrected chi connectivity index (χ1v) is 14.9. The summed E-state index contributed by atoms with van der Waals surface area (Å²) < 4.78 is 7.08. The molecule has 222 valence electrons. The highest BCUT2D eigenvalue weighted by Crippen LogP contribution is 2.37. The summed E-state index contributed by atoms with van der Waals surface area (Å²) in [5, 5.41) is 34.1. The summed E-state index contributed by atoms with van der Waals surface area (Å²) in [4.78, 5) is 28.1. The lowest BCUT2D eigenvalue weighted by Crippen LogP contribution is -2.66. The molecule has 1 unspecified atom stereocenters. The summed E-state index contributed by atoms with van der Waals surface area (Å²) in [5.74, 6) is 0.832. The zero-order valence-electron chi connectivity index (χ0n) is 23.5. The number of halogens is 1. The Kier molecular flexibility index (Phi) is 7.36. The molecule has 3 saturated heterocycles. The van der Waals surface area contributed by atoms with E-state index < -0.39 is 0 Å². The van der Waals surface area contributed by atoms with Crippen LogP contribution >= 0.6 is 11.6 Å². The van der Waals surface area contributed by atoms with Crippen molar-refractivity contribution in [3.63, 3.8) is 0 Å². The number of nitrogens with zero attached hydrogens (tertiary/aromatic N) is 9. The van der Waals surface area contributed by atoms with Crippen LogP contribution in [0.5, 0.6) is 0 Å². The Morgan fingerprint density at radius 1 is 1.14 bits per heavy atom. The summed E-state index contributed by atoms with van der Waals surface area (Å²) in [7, 11) is 0. The van der Waals surface area contributed by atoms with Crippen LogP contribution in [0.4, 0.5) is 23.1 Å². The molecule has 1 atom stereocenters. The van der Waals surface area contributed by atoms with Gasteiger partial charge in [-0.2, -0.15) is 20.0 Å². The van der Waals surface area contributed by atoms with Crippen LogP contribution in [0.15, 0.2) is 18.3 Å². The number of benzene rings is 1. The third-order valence-electron chi connectivity index (χ3n) is 8.37. The molecule has 0 radical (unpaired) electrons.